The van der Waals surface area contributed by atoms with E-state index in [4.69, 9.17) is 4.74 Å². The van der Waals surface area contributed by atoms with E-state index < -0.39 is 0 Å². The Kier molecular flexibility index (Phi) is 5.16. The highest BCUT2D eigenvalue weighted by Crippen LogP contribution is 2.19. The molecule has 0 saturated carbocycles. The van der Waals surface area contributed by atoms with Crippen LogP contribution in [-0.4, -0.2) is 13.0 Å². The fraction of sp³-hybridized carbons (Fsp3) is 0.167. The lowest BCUT2D eigenvalue weighted by molar-refractivity contribution is -0.116. The van der Waals surface area contributed by atoms with Crippen molar-refractivity contribution in [1.82, 2.24) is 5.32 Å². The fourth-order valence-corrected chi connectivity index (χ4v) is 2.02. The minimum atomic E-state index is -0.104. The van der Waals surface area contributed by atoms with Crippen molar-refractivity contribution in [3.63, 3.8) is 0 Å². The summed E-state index contributed by atoms with van der Waals surface area (Å²) in [5.74, 6) is 0.744. The maximum absolute atomic E-state index is 11.8. The number of hydrogen-bond donors (Lipinski definition) is 1. The molecule has 0 atom stereocenters. The molecule has 2 aromatic carbocycles. The first kappa shape index (κ1) is 14.9. The second-order valence-electron chi connectivity index (χ2n) is 4.77. The highest BCUT2D eigenvalue weighted by Gasteiger charge is 1.99. The molecule has 1 N–H and O–H groups in total. The number of nitrogens with one attached hydrogen (secondary N) is 1. The van der Waals surface area contributed by atoms with E-state index in [-0.39, 0.29) is 5.91 Å². The van der Waals surface area contributed by atoms with Gasteiger partial charge in [-0.05, 0) is 41.8 Å². The lowest BCUT2D eigenvalue weighted by Gasteiger charge is -2.05. The number of benzene rings is 2. The summed E-state index contributed by atoms with van der Waals surface area (Å²) >= 11 is 0. The average molecular weight is 281 g/mol. The Morgan fingerprint density at radius 2 is 1.95 bits per heavy atom. The number of aryl methyl sites for hydroxylation is 1. The van der Waals surface area contributed by atoms with E-state index in [0.29, 0.717) is 6.54 Å². The van der Waals surface area contributed by atoms with Gasteiger partial charge in [-0.1, -0.05) is 36.4 Å². The van der Waals surface area contributed by atoms with Crippen LogP contribution in [0.25, 0.3) is 6.08 Å². The van der Waals surface area contributed by atoms with Crippen LogP contribution in [0, 0.1) is 6.92 Å². The smallest absolute Gasteiger partial charge is 0.244 e. The third kappa shape index (κ3) is 4.49. The van der Waals surface area contributed by atoms with Crippen molar-refractivity contribution in [2.24, 2.45) is 0 Å². The summed E-state index contributed by atoms with van der Waals surface area (Å²) in [6.45, 7) is 2.51. The average Bonchev–Trinajstić information content (AvgIpc) is 2.52. The van der Waals surface area contributed by atoms with E-state index in [0.717, 1.165) is 22.4 Å². The van der Waals surface area contributed by atoms with E-state index in [1.165, 1.54) is 0 Å². The van der Waals surface area contributed by atoms with E-state index in [9.17, 15) is 4.79 Å². The molecule has 3 nitrogen and oxygen atoms in total. The Hall–Kier alpha value is -2.55. The van der Waals surface area contributed by atoms with Gasteiger partial charge in [-0.2, -0.15) is 0 Å². The molecule has 1 amide bonds. The van der Waals surface area contributed by atoms with Crippen LogP contribution >= 0.6 is 0 Å². The van der Waals surface area contributed by atoms with Gasteiger partial charge in [0.15, 0.2) is 0 Å². The van der Waals surface area contributed by atoms with E-state index in [1.807, 2.05) is 55.5 Å². The Morgan fingerprint density at radius 1 is 1.19 bits per heavy atom. The molecule has 0 aromatic heterocycles. The van der Waals surface area contributed by atoms with Crippen LogP contribution in [0.2, 0.25) is 0 Å². The van der Waals surface area contributed by atoms with E-state index in [1.54, 1.807) is 19.3 Å². The number of rotatable bonds is 5. The molecule has 0 radical (unpaired) electrons. The summed E-state index contributed by atoms with van der Waals surface area (Å²) in [6.07, 6.45) is 3.34. The molecule has 0 fully saturated rings. The largest absolute Gasteiger partial charge is 0.496 e. The van der Waals surface area contributed by atoms with Gasteiger partial charge in [-0.15, -0.1) is 0 Å². The second kappa shape index (κ2) is 7.29. The van der Waals surface area contributed by atoms with Crippen molar-refractivity contribution in [2.45, 2.75) is 13.5 Å². The molecule has 108 valence electrons. The van der Waals surface area contributed by atoms with Crippen LogP contribution in [-0.2, 0) is 11.3 Å². The topological polar surface area (TPSA) is 38.3 Å². The minimum Gasteiger partial charge on any atom is -0.496 e. The summed E-state index contributed by atoms with van der Waals surface area (Å²) in [7, 11) is 1.65. The van der Waals surface area contributed by atoms with Gasteiger partial charge in [-0.25, -0.2) is 0 Å². The van der Waals surface area contributed by atoms with Gasteiger partial charge in [0.25, 0.3) is 0 Å². The van der Waals surface area contributed by atoms with Gasteiger partial charge in [-0.3, -0.25) is 4.79 Å². The zero-order valence-corrected chi connectivity index (χ0v) is 12.3. The summed E-state index contributed by atoms with van der Waals surface area (Å²) in [5.41, 5.74) is 3.10. The minimum absolute atomic E-state index is 0.104. The summed E-state index contributed by atoms with van der Waals surface area (Å²) in [5, 5.41) is 2.86. The summed E-state index contributed by atoms with van der Waals surface area (Å²) in [6, 6.07) is 15.6. The van der Waals surface area contributed by atoms with Crippen LogP contribution in [0.1, 0.15) is 16.7 Å². The zero-order valence-electron chi connectivity index (χ0n) is 12.3. The van der Waals surface area contributed by atoms with Gasteiger partial charge in [0.2, 0.25) is 5.91 Å². The van der Waals surface area contributed by atoms with Crippen molar-refractivity contribution < 1.29 is 9.53 Å². The first-order valence-corrected chi connectivity index (χ1v) is 6.83. The molecule has 2 aromatic rings. The van der Waals surface area contributed by atoms with Crippen LogP contribution in [0.3, 0.4) is 0 Å². The number of methoxy groups -OCH3 is 1. The Balaban J connectivity index is 1.91. The maximum atomic E-state index is 11.8. The second-order valence-corrected chi connectivity index (χ2v) is 4.77. The van der Waals surface area contributed by atoms with Crippen molar-refractivity contribution in [2.75, 3.05) is 7.11 Å². The molecule has 3 heteroatoms. The molecule has 0 aliphatic rings. The molecule has 0 saturated heterocycles. The Bertz CT molecular complexity index is 633. The molecule has 2 rings (SSSR count). The predicted octanol–water partition coefficient (Wildman–Crippen LogP) is 3.33. The number of carbonyl (C=O) groups is 1. The molecule has 0 unspecified atom stereocenters. The Morgan fingerprint density at radius 3 is 2.62 bits per heavy atom. The lowest BCUT2D eigenvalue weighted by Crippen LogP contribution is -2.20. The van der Waals surface area contributed by atoms with Crippen LogP contribution in [0.15, 0.2) is 54.6 Å². The van der Waals surface area contributed by atoms with Crippen LogP contribution < -0.4 is 10.1 Å². The Labute approximate surface area is 125 Å². The highest BCUT2D eigenvalue weighted by atomic mass is 16.5. The molecule has 0 aliphatic heterocycles. The normalized spacial score (nSPS) is 10.6. The SMILES string of the molecule is COc1ccc(C=CC(=O)NCc2ccccc2)cc1C. The third-order valence-electron chi connectivity index (χ3n) is 3.16. The van der Waals surface area contributed by atoms with Gasteiger partial charge in [0.05, 0.1) is 7.11 Å². The van der Waals surface area contributed by atoms with Gasteiger partial charge < -0.3 is 10.1 Å². The predicted molar refractivity (Wildman–Crippen MR) is 85.1 cm³/mol. The van der Waals surface area contributed by atoms with Crippen molar-refractivity contribution in [3.05, 3.63) is 71.3 Å². The first-order valence-electron chi connectivity index (χ1n) is 6.83. The number of ether oxygens (including phenoxy) is 1. The molecule has 21 heavy (non-hydrogen) atoms. The number of amides is 1. The number of carbonyl (C=O) groups excluding carboxylic acids is 1. The standard InChI is InChI=1S/C18H19NO2/c1-14-12-15(8-10-17(14)21-2)9-11-18(20)19-13-16-6-4-3-5-7-16/h3-12H,13H2,1-2H3,(H,19,20). The van der Waals surface area contributed by atoms with Crippen molar-refractivity contribution in [3.8, 4) is 5.75 Å². The fourth-order valence-electron chi connectivity index (χ4n) is 2.02. The monoisotopic (exact) mass is 281 g/mol. The summed E-state index contributed by atoms with van der Waals surface area (Å²) < 4.78 is 5.21. The van der Waals surface area contributed by atoms with Crippen molar-refractivity contribution in [1.29, 1.82) is 0 Å². The van der Waals surface area contributed by atoms with Crippen molar-refractivity contribution >= 4 is 12.0 Å². The van der Waals surface area contributed by atoms with E-state index >= 15 is 0 Å². The number of hydrogen-bond acceptors (Lipinski definition) is 2. The van der Waals surface area contributed by atoms with Crippen LogP contribution in [0.5, 0.6) is 5.75 Å². The molecular weight excluding hydrogens is 262 g/mol. The molecule has 0 spiro atoms. The van der Waals surface area contributed by atoms with Gasteiger partial charge in [0, 0.05) is 12.6 Å². The van der Waals surface area contributed by atoms with Gasteiger partial charge in [0.1, 0.15) is 5.75 Å². The van der Waals surface area contributed by atoms with Crippen LogP contribution in [0.4, 0.5) is 0 Å². The molecule has 0 bridgehead atoms. The third-order valence-corrected chi connectivity index (χ3v) is 3.16. The maximum Gasteiger partial charge on any atom is 0.244 e. The summed E-state index contributed by atoms with van der Waals surface area (Å²) in [4.78, 5) is 11.8. The van der Waals surface area contributed by atoms with E-state index in [2.05, 4.69) is 5.32 Å². The van der Waals surface area contributed by atoms with Gasteiger partial charge >= 0.3 is 0 Å². The zero-order chi connectivity index (χ0) is 15.1. The first-order chi connectivity index (χ1) is 10.2. The lowest BCUT2D eigenvalue weighted by atomic mass is 10.1. The molecule has 0 heterocycles. The highest BCUT2D eigenvalue weighted by molar-refractivity contribution is 5.91. The molecular formula is C18H19NO2. The molecule has 0 aliphatic carbocycles. The quantitative estimate of drug-likeness (QED) is 0.854.